The van der Waals surface area contributed by atoms with Gasteiger partial charge in [-0.3, -0.25) is 4.90 Å². The third-order valence-electron chi connectivity index (χ3n) is 5.01. The third-order valence-corrected chi connectivity index (χ3v) is 5.01. The van der Waals surface area contributed by atoms with Crippen LogP contribution in [0.3, 0.4) is 0 Å². The van der Waals surface area contributed by atoms with Crippen LogP contribution in [-0.4, -0.2) is 52.4 Å². The van der Waals surface area contributed by atoms with Gasteiger partial charge in [0, 0.05) is 18.6 Å². The van der Waals surface area contributed by atoms with Gasteiger partial charge in [-0.15, -0.1) is 0 Å². The molecule has 0 atom stereocenters. The molecule has 0 amide bonds. The summed E-state index contributed by atoms with van der Waals surface area (Å²) in [6.07, 6.45) is 6.60. The molecule has 2 fully saturated rings. The molecule has 1 aromatic rings. The van der Waals surface area contributed by atoms with Crippen molar-refractivity contribution in [3.8, 4) is 5.75 Å². The van der Waals surface area contributed by atoms with Crippen molar-refractivity contribution in [1.82, 2.24) is 10.2 Å². The summed E-state index contributed by atoms with van der Waals surface area (Å²) in [5.41, 5.74) is 1.67. The van der Waals surface area contributed by atoms with E-state index < -0.39 is 0 Å². The zero-order valence-electron chi connectivity index (χ0n) is 14.9. The number of rotatable bonds is 3. The molecule has 0 bridgehead atoms. The molecule has 0 radical (unpaired) electrons. The molecular formula is C19H32N2O2. The molecule has 1 aromatic carbocycles. The van der Waals surface area contributed by atoms with Gasteiger partial charge in [0.05, 0.1) is 20.3 Å². The second-order valence-corrected chi connectivity index (χ2v) is 6.58. The van der Waals surface area contributed by atoms with Gasteiger partial charge in [0.15, 0.2) is 0 Å². The summed E-state index contributed by atoms with van der Waals surface area (Å²) < 4.78 is 10.2. The minimum atomic E-state index is 0.241. The highest BCUT2D eigenvalue weighted by molar-refractivity contribution is 5.32. The Kier molecular flexibility index (Phi) is 7.34. The van der Waals surface area contributed by atoms with Gasteiger partial charge in [-0.1, -0.05) is 31.4 Å². The van der Waals surface area contributed by atoms with E-state index in [2.05, 4.69) is 48.6 Å². The summed E-state index contributed by atoms with van der Waals surface area (Å²) in [5, 5.41) is 3.16. The largest absolute Gasteiger partial charge is 0.497 e. The Hall–Kier alpha value is -1.10. The molecule has 0 unspecified atom stereocenters. The van der Waals surface area contributed by atoms with E-state index in [-0.39, 0.29) is 5.54 Å². The number of ether oxygens (including phenoxy) is 2. The minimum Gasteiger partial charge on any atom is -0.497 e. The number of hydrogen-bond acceptors (Lipinski definition) is 4. The molecule has 1 aliphatic heterocycles. The zero-order chi connectivity index (χ0) is 16.5. The van der Waals surface area contributed by atoms with Crippen LogP contribution in [0.1, 0.15) is 37.7 Å². The first-order valence-electron chi connectivity index (χ1n) is 8.79. The lowest BCUT2D eigenvalue weighted by Gasteiger charge is -2.43. The van der Waals surface area contributed by atoms with Gasteiger partial charge in [-0.05, 0) is 44.6 Å². The molecule has 1 aliphatic carbocycles. The topological polar surface area (TPSA) is 33.7 Å². The fourth-order valence-electron chi connectivity index (χ4n) is 3.55. The molecule has 4 heteroatoms. The molecule has 0 spiro atoms. The van der Waals surface area contributed by atoms with Gasteiger partial charge in [-0.25, -0.2) is 0 Å². The quantitative estimate of drug-likeness (QED) is 0.928. The van der Waals surface area contributed by atoms with Crippen LogP contribution in [0, 0.1) is 0 Å². The fraction of sp³-hybridized carbons (Fsp3) is 0.684. The molecule has 3 rings (SSSR count). The number of nitrogens with one attached hydrogen (secondary N) is 1. The van der Waals surface area contributed by atoms with Gasteiger partial charge in [-0.2, -0.15) is 0 Å². The highest BCUT2D eigenvalue weighted by Gasteiger charge is 2.35. The molecule has 1 N–H and O–H groups in total. The maximum absolute atomic E-state index is 5.24. The van der Waals surface area contributed by atoms with Crippen LogP contribution in [0.25, 0.3) is 0 Å². The Labute approximate surface area is 141 Å². The summed E-state index contributed by atoms with van der Waals surface area (Å²) >= 11 is 0. The predicted octanol–water partition coefficient (Wildman–Crippen LogP) is 3.02. The van der Waals surface area contributed by atoms with Crippen LogP contribution >= 0.6 is 0 Å². The van der Waals surface area contributed by atoms with E-state index in [1.165, 1.54) is 37.7 Å². The lowest BCUT2D eigenvalue weighted by Crippen LogP contribution is -2.42. The van der Waals surface area contributed by atoms with Crippen LogP contribution < -0.4 is 10.1 Å². The molecule has 2 aliphatic rings. The van der Waals surface area contributed by atoms with E-state index in [0.29, 0.717) is 0 Å². The standard InChI is InChI=1S/C15H23NO.C4H9NO/c1-16(2)15(11-5-4-6-12-15)13-7-9-14(17-3)10-8-13;1-3-6-4-2-5-1/h7-10H,4-6,11-12H2,1-3H3;5H,1-4H2. The van der Waals surface area contributed by atoms with Crippen molar-refractivity contribution in [2.75, 3.05) is 47.5 Å². The summed E-state index contributed by atoms with van der Waals surface area (Å²) in [7, 11) is 6.13. The molecule has 4 nitrogen and oxygen atoms in total. The zero-order valence-corrected chi connectivity index (χ0v) is 14.9. The highest BCUT2D eigenvalue weighted by atomic mass is 16.5. The van der Waals surface area contributed by atoms with Gasteiger partial charge in [0.1, 0.15) is 5.75 Å². The Bertz CT molecular complexity index is 424. The van der Waals surface area contributed by atoms with E-state index in [1.807, 2.05) is 0 Å². The van der Waals surface area contributed by atoms with Gasteiger partial charge >= 0.3 is 0 Å². The first-order chi connectivity index (χ1) is 11.2. The molecule has 1 saturated carbocycles. The maximum atomic E-state index is 5.24. The maximum Gasteiger partial charge on any atom is 0.118 e. The van der Waals surface area contributed by atoms with E-state index in [0.717, 1.165) is 32.1 Å². The Balaban J connectivity index is 0.000000268. The number of benzene rings is 1. The summed E-state index contributed by atoms with van der Waals surface area (Å²) in [4.78, 5) is 2.40. The van der Waals surface area contributed by atoms with Crippen molar-refractivity contribution in [3.05, 3.63) is 29.8 Å². The van der Waals surface area contributed by atoms with E-state index >= 15 is 0 Å². The summed E-state index contributed by atoms with van der Waals surface area (Å²) in [6.45, 7) is 3.83. The average Bonchev–Trinajstić information content (AvgIpc) is 2.64. The highest BCUT2D eigenvalue weighted by Crippen LogP contribution is 2.41. The molecule has 1 saturated heterocycles. The van der Waals surface area contributed by atoms with Gasteiger partial charge < -0.3 is 14.8 Å². The lowest BCUT2D eigenvalue weighted by atomic mass is 9.76. The van der Waals surface area contributed by atoms with Crippen LogP contribution in [-0.2, 0) is 10.3 Å². The average molecular weight is 320 g/mol. The normalized spacial score (nSPS) is 20.5. The Morgan fingerprint density at radius 2 is 1.61 bits per heavy atom. The van der Waals surface area contributed by atoms with Crippen LogP contribution in [0.4, 0.5) is 0 Å². The molecule has 0 aromatic heterocycles. The third kappa shape index (κ3) is 4.93. The molecule has 23 heavy (non-hydrogen) atoms. The van der Waals surface area contributed by atoms with E-state index in [1.54, 1.807) is 7.11 Å². The van der Waals surface area contributed by atoms with Gasteiger partial charge in [0.2, 0.25) is 0 Å². The molecule has 130 valence electrons. The van der Waals surface area contributed by atoms with Crippen LogP contribution in [0.5, 0.6) is 5.75 Å². The van der Waals surface area contributed by atoms with Crippen molar-refractivity contribution < 1.29 is 9.47 Å². The monoisotopic (exact) mass is 320 g/mol. The Morgan fingerprint density at radius 3 is 2.00 bits per heavy atom. The number of morpholine rings is 1. The van der Waals surface area contributed by atoms with Crippen molar-refractivity contribution in [2.24, 2.45) is 0 Å². The van der Waals surface area contributed by atoms with E-state index in [9.17, 15) is 0 Å². The minimum absolute atomic E-state index is 0.241. The van der Waals surface area contributed by atoms with Crippen molar-refractivity contribution >= 4 is 0 Å². The number of methoxy groups -OCH3 is 1. The molecular weight excluding hydrogens is 288 g/mol. The van der Waals surface area contributed by atoms with Crippen molar-refractivity contribution in [1.29, 1.82) is 0 Å². The molecule has 1 heterocycles. The summed E-state index contributed by atoms with van der Waals surface area (Å²) in [6, 6.07) is 8.61. The van der Waals surface area contributed by atoms with Gasteiger partial charge in [0.25, 0.3) is 0 Å². The smallest absolute Gasteiger partial charge is 0.118 e. The van der Waals surface area contributed by atoms with Crippen LogP contribution in [0.15, 0.2) is 24.3 Å². The van der Waals surface area contributed by atoms with Crippen LogP contribution in [0.2, 0.25) is 0 Å². The Morgan fingerprint density at radius 1 is 1.00 bits per heavy atom. The van der Waals surface area contributed by atoms with Crippen molar-refractivity contribution in [3.63, 3.8) is 0 Å². The summed E-state index contributed by atoms with van der Waals surface area (Å²) in [5.74, 6) is 0.943. The predicted molar refractivity (Wildman–Crippen MR) is 95.1 cm³/mol. The second kappa shape index (κ2) is 9.26. The van der Waals surface area contributed by atoms with E-state index in [4.69, 9.17) is 9.47 Å². The number of nitrogens with zero attached hydrogens (tertiary/aromatic N) is 1. The second-order valence-electron chi connectivity index (χ2n) is 6.58. The first-order valence-corrected chi connectivity index (χ1v) is 8.79. The van der Waals surface area contributed by atoms with Crippen molar-refractivity contribution in [2.45, 2.75) is 37.6 Å². The first kappa shape index (κ1) is 18.2. The SMILES string of the molecule is C1COCCN1.COc1ccc(C2(N(C)C)CCCCC2)cc1. The number of hydrogen-bond donors (Lipinski definition) is 1. The fourth-order valence-corrected chi connectivity index (χ4v) is 3.55. The lowest BCUT2D eigenvalue weighted by molar-refractivity contribution is 0.0988.